The Balaban J connectivity index is 0. The van der Waals surface area contributed by atoms with Crippen LogP contribution in [0.3, 0.4) is 0 Å². The first kappa shape index (κ1) is 34.9. The highest BCUT2D eigenvalue weighted by Crippen LogP contribution is 2.34. The molecule has 0 aromatic heterocycles. The molecule has 0 aromatic rings. The van der Waals surface area contributed by atoms with Crippen LogP contribution in [-0.2, 0) is 0 Å². The van der Waals surface area contributed by atoms with Crippen LogP contribution in [0.25, 0.3) is 0 Å². The van der Waals surface area contributed by atoms with Crippen molar-refractivity contribution < 1.29 is 0 Å². The van der Waals surface area contributed by atoms with Crippen molar-refractivity contribution in [3.63, 3.8) is 0 Å². The molecule has 2 heteroatoms. The van der Waals surface area contributed by atoms with Gasteiger partial charge in [-0.2, -0.15) is 0 Å². The maximum Gasteiger partial charge on any atom is 0.0182 e. The monoisotopic (exact) mass is 565 g/mol. The molecule has 0 rings (SSSR count). The zero-order valence-electron chi connectivity index (χ0n) is 23.0. The smallest absolute Gasteiger partial charge is 0.0182 e. The molecule has 0 aliphatic heterocycles. The minimum Gasteiger partial charge on any atom is -0.325 e. The second-order valence-electron chi connectivity index (χ2n) is 10.7. The lowest BCUT2D eigenvalue weighted by Gasteiger charge is -2.39. The van der Waals surface area contributed by atoms with Crippen LogP contribution in [0.15, 0.2) is 0 Å². The summed E-state index contributed by atoms with van der Waals surface area (Å²) in [4.78, 5) is 0. The van der Waals surface area contributed by atoms with E-state index in [2.05, 4.69) is 27.7 Å². The number of hydrogen-bond donors (Lipinski definition) is 1. The zero-order chi connectivity index (χ0) is 23.0. The van der Waals surface area contributed by atoms with Gasteiger partial charge in [0.1, 0.15) is 0 Å². The van der Waals surface area contributed by atoms with Crippen LogP contribution in [0, 0.1) is 5.92 Å². The highest BCUT2D eigenvalue weighted by atomic mass is 127. The largest absolute Gasteiger partial charge is 0.325 e. The van der Waals surface area contributed by atoms with E-state index in [0.717, 1.165) is 5.92 Å². The molecule has 0 fully saturated rings. The van der Waals surface area contributed by atoms with E-state index >= 15 is 0 Å². The summed E-state index contributed by atoms with van der Waals surface area (Å²) in [5.74, 6) is 0.753. The Labute approximate surface area is 222 Å². The Hall–Kier alpha value is 0.690. The minimum absolute atomic E-state index is 0. The fraction of sp³-hybridized carbons (Fsp3) is 1.00. The lowest BCUT2D eigenvalue weighted by molar-refractivity contribution is 0.193. The SMILES string of the molecule is CCCCCCCCCCCCCCCCC(CCCC)C(N)(CCCC)CCCC.I. The number of hydrogen-bond acceptors (Lipinski definition) is 1. The Bertz CT molecular complexity index is 336. The Morgan fingerprint density at radius 2 is 0.750 bits per heavy atom. The Morgan fingerprint density at radius 3 is 1.12 bits per heavy atom. The molecule has 0 amide bonds. The third-order valence-corrected chi connectivity index (χ3v) is 7.62. The van der Waals surface area contributed by atoms with Gasteiger partial charge in [0.2, 0.25) is 0 Å². The third kappa shape index (κ3) is 20.1. The third-order valence-electron chi connectivity index (χ3n) is 7.62. The lowest BCUT2D eigenvalue weighted by atomic mass is 9.72. The van der Waals surface area contributed by atoms with Gasteiger partial charge in [-0.25, -0.2) is 0 Å². The first-order valence-corrected chi connectivity index (χ1v) is 14.9. The molecule has 0 aliphatic rings. The second-order valence-corrected chi connectivity index (χ2v) is 10.7. The van der Waals surface area contributed by atoms with Gasteiger partial charge in [0.05, 0.1) is 0 Å². The summed E-state index contributed by atoms with van der Waals surface area (Å²) < 4.78 is 0. The maximum absolute atomic E-state index is 7.11. The van der Waals surface area contributed by atoms with Crippen molar-refractivity contribution in [2.75, 3.05) is 0 Å². The van der Waals surface area contributed by atoms with Crippen molar-refractivity contribution in [2.45, 2.75) is 187 Å². The van der Waals surface area contributed by atoms with Crippen molar-refractivity contribution in [3.05, 3.63) is 0 Å². The molecule has 2 N–H and O–H groups in total. The number of unbranched alkanes of at least 4 members (excludes halogenated alkanes) is 16. The predicted octanol–water partition coefficient (Wildman–Crippen LogP) is 11.4. The van der Waals surface area contributed by atoms with E-state index in [4.69, 9.17) is 5.73 Å². The van der Waals surface area contributed by atoms with Crippen LogP contribution < -0.4 is 5.73 Å². The molecule has 1 unspecified atom stereocenters. The van der Waals surface area contributed by atoms with Crippen LogP contribution in [0.5, 0.6) is 0 Å². The van der Waals surface area contributed by atoms with Crippen molar-refractivity contribution in [3.8, 4) is 0 Å². The van der Waals surface area contributed by atoms with Gasteiger partial charge in [-0.1, -0.05) is 156 Å². The summed E-state index contributed by atoms with van der Waals surface area (Å²) in [6.45, 7) is 9.26. The van der Waals surface area contributed by atoms with Gasteiger partial charge >= 0.3 is 0 Å². The minimum atomic E-state index is 0. The van der Waals surface area contributed by atoms with Crippen LogP contribution in [0.4, 0.5) is 0 Å². The molecule has 0 radical (unpaired) electrons. The molecule has 0 saturated carbocycles. The van der Waals surface area contributed by atoms with Gasteiger partial charge in [0.25, 0.3) is 0 Å². The zero-order valence-corrected chi connectivity index (χ0v) is 25.4. The van der Waals surface area contributed by atoms with Crippen molar-refractivity contribution in [2.24, 2.45) is 11.7 Å². The Kier molecular flexibility index (Phi) is 28.6. The summed E-state index contributed by atoms with van der Waals surface area (Å²) in [7, 11) is 0. The normalized spacial score (nSPS) is 12.7. The molecule has 196 valence electrons. The molecule has 0 heterocycles. The number of rotatable bonds is 25. The predicted molar refractivity (Wildman–Crippen MR) is 159 cm³/mol. The van der Waals surface area contributed by atoms with Crippen LogP contribution in [0.1, 0.15) is 182 Å². The molecular formula is C30H64IN. The molecule has 0 aromatic carbocycles. The molecular weight excluding hydrogens is 501 g/mol. The quantitative estimate of drug-likeness (QED) is 0.0865. The highest BCUT2D eigenvalue weighted by molar-refractivity contribution is 14.0. The number of nitrogens with two attached hydrogens (primary N) is 1. The molecule has 0 aliphatic carbocycles. The second kappa shape index (κ2) is 26.3. The maximum atomic E-state index is 7.11. The van der Waals surface area contributed by atoms with Gasteiger partial charge in [-0.05, 0) is 31.6 Å². The average Bonchev–Trinajstić information content (AvgIpc) is 2.78. The van der Waals surface area contributed by atoms with E-state index < -0.39 is 0 Å². The van der Waals surface area contributed by atoms with Crippen molar-refractivity contribution in [1.29, 1.82) is 0 Å². The molecule has 0 bridgehead atoms. The summed E-state index contributed by atoms with van der Waals surface area (Å²) in [5.41, 5.74) is 7.22. The molecule has 1 atom stereocenters. The van der Waals surface area contributed by atoms with Gasteiger partial charge < -0.3 is 5.73 Å². The van der Waals surface area contributed by atoms with E-state index in [9.17, 15) is 0 Å². The van der Waals surface area contributed by atoms with Crippen LogP contribution >= 0.6 is 24.0 Å². The van der Waals surface area contributed by atoms with E-state index in [-0.39, 0.29) is 29.5 Å². The number of halogens is 1. The summed E-state index contributed by atoms with van der Waals surface area (Å²) in [6.07, 6.45) is 33.3. The standard InChI is InChI=1S/C30H63N.HI/c1-5-9-13-14-15-16-17-18-19-20-21-22-23-24-26-29(25-10-6-2)30(31,27-11-7-3)28-12-8-4;/h29H,5-28,31H2,1-4H3;1H. The van der Waals surface area contributed by atoms with Gasteiger partial charge in [0.15, 0.2) is 0 Å². The van der Waals surface area contributed by atoms with E-state index in [1.165, 1.54) is 154 Å². The first-order valence-electron chi connectivity index (χ1n) is 14.9. The van der Waals surface area contributed by atoms with Crippen LogP contribution in [-0.4, -0.2) is 5.54 Å². The first-order chi connectivity index (χ1) is 15.1. The van der Waals surface area contributed by atoms with Gasteiger partial charge in [-0.15, -0.1) is 24.0 Å². The van der Waals surface area contributed by atoms with E-state index in [1.807, 2.05) is 0 Å². The van der Waals surface area contributed by atoms with Gasteiger partial charge in [0, 0.05) is 5.54 Å². The van der Waals surface area contributed by atoms with Crippen molar-refractivity contribution >= 4 is 24.0 Å². The fourth-order valence-corrected chi connectivity index (χ4v) is 5.30. The van der Waals surface area contributed by atoms with Crippen molar-refractivity contribution in [1.82, 2.24) is 0 Å². The van der Waals surface area contributed by atoms with Crippen LogP contribution in [0.2, 0.25) is 0 Å². The summed E-state index contributed by atoms with van der Waals surface area (Å²) in [5, 5.41) is 0. The fourth-order valence-electron chi connectivity index (χ4n) is 5.30. The lowest BCUT2D eigenvalue weighted by Crippen LogP contribution is -2.47. The molecule has 0 spiro atoms. The molecule has 32 heavy (non-hydrogen) atoms. The highest BCUT2D eigenvalue weighted by Gasteiger charge is 2.32. The summed E-state index contributed by atoms with van der Waals surface area (Å²) >= 11 is 0. The van der Waals surface area contributed by atoms with E-state index in [0.29, 0.717) is 0 Å². The van der Waals surface area contributed by atoms with Gasteiger partial charge in [-0.3, -0.25) is 0 Å². The summed E-state index contributed by atoms with van der Waals surface area (Å²) in [6, 6.07) is 0. The molecule has 1 nitrogen and oxygen atoms in total. The topological polar surface area (TPSA) is 26.0 Å². The Morgan fingerprint density at radius 1 is 0.438 bits per heavy atom. The molecule has 0 saturated heterocycles. The van der Waals surface area contributed by atoms with E-state index in [1.54, 1.807) is 0 Å². The average molecular weight is 566 g/mol.